The number of hydrogen-bond donors (Lipinski definition) is 1. The minimum Gasteiger partial charge on any atom is -0.309 e. The maximum absolute atomic E-state index is 6.15. The summed E-state index contributed by atoms with van der Waals surface area (Å²) in [6, 6.07) is 15.9. The van der Waals surface area contributed by atoms with Gasteiger partial charge in [-0.25, -0.2) is 0 Å². The molecule has 0 saturated carbocycles. The van der Waals surface area contributed by atoms with Crippen LogP contribution in [0.4, 0.5) is 0 Å². The maximum Gasteiger partial charge on any atom is 0.0753 e. The minimum absolute atomic E-state index is 0.0124. The van der Waals surface area contributed by atoms with Gasteiger partial charge in [-0.1, -0.05) is 53.5 Å². The predicted octanol–water partition coefficient (Wildman–Crippen LogP) is 4.85. The van der Waals surface area contributed by atoms with E-state index in [-0.39, 0.29) is 6.04 Å². The molecule has 0 aliphatic rings. The molecular weight excluding hydrogens is 303 g/mol. The first-order chi connectivity index (χ1) is 10.2. The Morgan fingerprint density at radius 2 is 1.81 bits per heavy atom. The van der Waals surface area contributed by atoms with Gasteiger partial charge in [0.15, 0.2) is 0 Å². The van der Waals surface area contributed by atoms with Crippen LogP contribution >= 0.6 is 23.2 Å². The highest BCUT2D eigenvalue weighted by Crippen LogP contribution is 2.31. The fourth-order valence-corrected chi connectivity index (χ4v) is 2.86. The van der Waals surface area contributed by atoms with Crippen LogP contribution in [0.5, 0.6) is 0 Å². The van der Waals surface area contributed by atoms with Gasteiger partial charge in [0.2, 0.25) is 0 Å². The number of halogens is 2. The van der Waals surface area contributed by atoms with Gasteiger partial charge in [-0.2, -0.15) is 0 Å². The Morgan fingerprint density at radius 1 is 1.00 bits per heavy atom. The van der Waals surface area contributed by atoms with Gasteiger partial charge in [0.1, 0.15) is 0 Å². The van der Waals surface area contributed by atoms with Crippen molar-refractivity contribution >= 4 is 34.1 Å². The Balaban J connectivity index is 2.16. The lowest BCUT2D eigenvalue weighted by Crippen LogP contribution is -2.18. The summed E-state index contributed by atoms with van der Waals surface area (Å²) < 4.78 is 0. The van der Waals surface area contributed by atoms with Gasteiger partial charge in [0.05, 0.1) is 21.6 Å². The molecule has 0 aliphatic heterocycles. The van der Waals surface area contributed by atoms with Gasteiger partial charge < -0.3 is 5.32 Å². The van der Waals surface area contributed by atoms with Crippen molar-refractivity contribution in [1.82, 2.24) is 10.3 Å². The van der Waals surface area contributed by atoms with E-state index in [0.717, 1.165) is 22.0 Å². The zero-order valence-electron chi connectivity index (χ0n) is 11.5. The normalized spacial score (nSPS) is 12.5. The van der Waals surface area contributed by atoms with Gasteiger partial charge in [-0.05, 0) is 36.4 Å². The smallest absolute Gasteiger partial charge is 0.0753 e. The molecule has 1 atom stereocenters. The first-order valence-corrected chi connectivity index (χ1v) is 7.42. The van der Waals surface area contributed by atoms with E-state index in [1.165, 1.54) is 0 Å². The number of benzene rings is 2. The van der Waals surface area contributed by atoms with Crippen molar-refractivity contribution in [2.24, 2.45) is 0 Å². The third-order valence-corrected chi connectivity index (χ3v) is 4.28. The van der Waals surface area contributed by atoms with Crippen molar-refractivity contribution in [3.05, 3.63) is 75.9 Å². The highest BCUT2D eigenvalue weighted by atomic mass is 35.5. The molecule has 0 spiro atoms. The Bertz CT molecular complexity index is 781. The van der Waals surface area contributed by atoms with Gasteiger partial charge in [0, 0.05) is 11.6 Å². The van der Waals surface area contributed by atoms with Gasteiger partial charge in [-0.3, -0.25) is 4.98 Å². The Morgan fingerprint density at radius 3 is 2.57 bits per heavy atom. The van der Waals surface area contributed by atoms with Crippen LogP contribution in [-0.2, 0) is 0 Å². The minimum atomic E-state index is 0.0124. The number of rotatable bonds is 3. The summed E-state index contributed by atoms with van der Waals surface area (Å²) in [6.07, 6.45) is 1.81. The molecule has 2 aromatic carbocycles. The van der Waals surface area contributed by atoms with Crippen LogP contribution in [0.25, 0.3) is 10.9 Å². The summed E-state index contributed by atoms with van der Waals surface area (Å²) in [5.41, 5.74) is 3.17. The molecule has 0 amide bonds. The van der Waals surface area contributed by atoms with Crippen molar-refractivity contribution in [1.29, 1.82) is 0 Å². The van der Waals surface area contributed by atoms with E-state index >= 15 is 0 Å². The molecule has 4 heteroatoms. The summed E-state index contributed by atoms with van der Waals surface area (Å²) in [5, 5.41) is 5.57. The Hall–Kier alpha value is -1.61. The van der Waals surface area contributed by atoms with Gasteiger partial charge in [0.25, 0.3) is 0 Å². The molecule has 0 fully saturated rings. The highest BCUT2D eigenvalue weighted by molar-refractivity contribution is 6.42. The molecule has 1 heterocycles. The van der Waals surface area contributed by atoms with E-state index in [2.05, 4.69) is 28.5 Å². The molecule has 0 saturated heterocycles. The zero-order valence-corrected chi connectivity index (χ0v) is 13.0. The lowest BCUT2D eigenvalue weighted by Gasteiger charge is -2.19. The fraction of sp³-hybridized carbons (Fsp3) is 0.118. The van der Waals surface area contributed by atoms with Crippen molar-refractivity contribution in [2.75, 3.05) is 7.05 Å². The van der Waals surface area contributed by atoms with E-state index in [1.807, 2.05) is 43.6 Å². The number of aromatic nitrogens is 1. The van der Waals surface area contributed by atoms with E-state index in [9.17, 15) is 0 Å². The number of pyridine rings is 1. The molecule has 1 N–H and O–H groups in total. The Kier molecular flexibility index (Phi) is 4.11. The number of fused-ring (bicyclic) bond motifs is 1. The second kappa shape index (κ2) is 6.02. The standard InChI is InChI=1S/C17H14Cl2N2/c1-20-16(12-7-8-14(18)15(19)10-12)13-6-2-4-11-5-3-9-21-17(11)13/h2-10,16,20H,1H3. The molecule has 1 aromatic heterocycles. The second-order valence-corrected chi connectivity index (χ2v) is 5.63. The number of hydrogen-bond acceptors (Lipinski definition) is 2. The van der Waals surface area contributed by atoms with E-state index in [0.29, 0.717) is 10.0 Å². The molecule has 3 aromatic rings. The fourth-order valence-electron chi connectivity index (χ4n) is 2.55. The molecule has 21 heavy (non-hydrogen) atoms. The maximum atomic E-state index is 6.15. The zero-order chi connectivity index (χ0) is 14.8. The molecule has 2 nitrogen and oxygen atoms in total. The van der Waals surface area contributed by atoms with Crippen LogP contribution in [0.2, 0.25) is 10.0 Å². The topological polar surface area (TPSA) is 24.9 Å². The SMILES string of the molecule is CNC(c1ccc(Cl)c(Cl)c1)c1cccc2cccnc12. The molecular formula is C17H14Cl2N2. The summed E-state index contributed by atoms with van der Waals surface area (Å²) in [7, 11) is 1.93. The van der Waals surface area contributed by atoms with Crippen LogP contribution in [0.3, 0.4) is 0 Å². The van der Waals surface area contributed by atoms with Crippen molar-refractivity contribution < 1.29 is 0 Å². The van der Waals surface area contributed by atoms with Crippen LogP contribution in [-0.4, -0.2) is 12.0 Å². The van der Waals surface area contributed by atoms with Gasteiger partial charge in [-0.15, -0.1) is 0 Å². The average molecular weight is 317 g/mol. The molecule has 0 radical (unpaired) electrons. The summed E-state index contributed by atoms with van der Waals surface area (Å²) in [4.78, 5) is 4.52. The van der Waals surface area contributed by atoms with Crippen molar-refractivity contribution in [3.63, 3.8) is 0 Å². The highest BCUT2D eigenvalue weighted by Gasteiger charge is 2.16. The van der Waals surface area contributed by atoms with Crippen LogP contribution < -0.4 is 5.32 Å². The summed E-state index contributed by atoms with van der Waals surface area (Å²) in [6.45, 7) is 0. The molecule has 3 rings (SSSR count). The molecule has 1 unspecified atom stereocenters. The average Bonchev–Trinajstić information content (AvgIpc) is 2.52. The van der Waals surface area contributed by atoms with E-state index in [1.54, 1.807) is 0 Å². The first-order valence-electron chi connectivity index (χ1n) is 6.66. The summed E-state index contributed by atoms with van der Waals surface area (Å²) >= 11 is 12.2. The quantitative estimate of drug-likeness (QED) is 0.747. The summed E-state index contributed by atoms with van der Waals surface area (Å²) in [5.74, 6) is 0. The van der Waals surface area contributed by atoms with Crippen LogP contribution in [0.15, 0.2) is 54.7 Å². The largest absolute Gasteiger partial charge is 0.309 e. The van der Waals surface area contributed by atoms with Crippen molar-refractivity contribution in [2.45, 2.75) is 6.04 Å². The van der Waals surface area contributed by atoms with Crippen molar-refractivity contribution in [3.8, 4) is 0 Å². The van der Waals surface area contributed by atoms with Crippen LogP contribution in [0, 0.1) is 0 Å². The lowest BCUT2D eigenvalue weighted by atomic mass is 9.96. The van der Waals surface area contributed by atoms with Gasteiger partial charge >= 0.3 is 0 Å². The number of nitrogens with zero attached hydrogens (tertiary/aromatic N) is 1. The molecule has 0 aliphatic carbocycles. The second-order valence-electron chi connectivity index (χ2n) is 4.82. The molecule has 0 bridgehead atoms. The monoisotopic (exact) mass is 316 g/mol. The molecule has 106 valence electrons. The third kappa shape index (κ3) is 2.75. The third-order valence-electron chi connectivity index (χ3n) is 3.54. The Labute approximate surface area is 133 Å². The number of para-hydroxylation sites is 1. The predicted molar refractivity (Wildman–Crippen MR) is 89.1 cm³/mol. The van der Waals surface area contributed by atoms with E-state index in [4.69, 9.17) is 23.2 Å². The van der Waals surface area contributed by atoms with Crippen LogP contribution in [0.1, 0.15) is 17.2 Å². The van der Waals surface area contributed by atoms with E-state index < -0.39 is 0 Å². The number of nitrogens with one attached hydrogen (secondary N) is 1. The first kappa shape index (κ1) is 14.3. The lowest BCUT2D eigenvalue weighted by molar-refractivity contribution is 0.695.